The van der Waals surface area contributed by atoms with Crippen LogP contribution in [0.3, 0.4) is 0 Å². The average Bonchev–Trinajstić information content (AvgIpc) is 2.28. The second-order valence-electron chi connectivity index (χ2n) is 4.01. The lowest BCUT2D eigenvalue weighted by molar-refractivity contribution is 0.288. The SMILES string of the molecule is CN(C)S(=O)(=O)c1ccc2c(c1)CCCO2. The summed E-state index contributed by atoms with van der Waals surface area (Å²) < 4.78 is 30.5. The Balaban J connectivity index is 2.45. The predicted molar refractivity (Wildman–Crippen MR) is 61.1 cm³/mol. The Kier molecular flexibility index (Phi) is 2.90. The minimum absolute atomic E-state index is 0.335. The Hall–Kier alpha value is -1.07. The van der Waals surface area contributed by atoms with Crippen LogP contribution in [-0.2, 0) is 16.4 Å². The molecule has 0 N–H and O–H groups in total. The maximum Gasteiger partial charge on any atom is 0.242 e. The Morgan fingerprint density at radius 1 is 1.31 bits per heavy atom. The molecule has 2 rings (SSSR count). The summed E-state index contributed by atoms with van der Waals surface area (Å²) in [5.74, 6) is 0.809. The summed E-state index contributed by atoms with van der Waals surface area (Å²) in [4.78, 5) is 0.335. The summed E-state index contributed by atoms with van der Waals surface area (Å²) in [5, 5.41) is 0. The normalized spacial score (nSPS) is 15.7. The number of aryl methyl sites for hydroxylation is 1. The lowest BCUT2D eigenvalue weighted by Crippen LogP contribution is -2.22. The van der Waals surface area contributed by atoms with Crippen LogP contribution >= 0.6 is 0 Å². The predicted octanol–water partition coefficient (Wildman–Crippen LogP) is 1.26. The fraction of sp³-hybridized carbons (Fsp3) is 0.455. The van der Waals surface area contributed by atoms with Gasteiger partial charge in [-0.1, -0.05) is 0 Å². The van der Waals surface area contributed by atoms with E-state index in [1.807, 2.05) is 0 Å². The fourth-order valence-electron chi connectivity index (χ4n) is 1.71. The molecule has 0 radical (unpaired) electrons. The van der Waals surface area contributed by atoms with Gasteiger partial charge >= 0.3 is 0 Å². The summed E-state index contributed by atoms with van der Waals surface area (Å²) in [6.07, 6.45) is 1.82. The largest absolute Gasteiger partial charge is 0.493 e. The number of fused-ring (bicyclic) bond motifs is 1. The first-order valence-electron chi connectivity index (χ1n) is 5.20. The van der Waals surface area contributed by atoms with Crippen molar-refractivity contribution in [3.63, 3.8) is 0 Å². The lowest BCUT2D eigenvalue weighted by atomic mass is 10.1. The van der Waals surface area contributed by atoms with Crippen molar-refractivity contribution in [2.24, 2.45) is 0 Å². The minimum Gasteiger partial charge on any atom is -0.493 e. The number of sulfonamides is 1. The molecule has 1 heterocycles. The molecule has 0 bridgehead atoms. The highest BCUT2D eigenvalue weighted by molar-refractivity contribution is 7.89. The molecule has 1 aliphatic heterocycles. The molecule has 0 aliphatic carbocycles. The Bertz CT molecular complexity index is 494. The molecule has 5 heteroatoms. The molecule has 0 spiro atoms. The molecule has 4 nitrogen and oxygen atoms in total. The Labute approximate surface area is 95.9 Å². The molecule has 0 saturated heterocycles. The average molecular weight is 241 g/mol. The number of hydrogen-bond acceptors (Lipinski definition) is 3. The van der Waals surface area contributed by atoms with Crippen molar-refractivity contribution in [3.05, 3.63) is 23.8 Å². The Morgan fingerprint density at radius 3 is 2.75 bits per heavy atom. The summed E-state index contributed by atoms with van der Waals surface area (Å²) in [6, 6.07) is 5.05. The maximum absolute atomic E-state index is 11.9. The van der Waals surface area contributed by atoms with E-state index in [-0.39, 0.29) is 0 Å². The number of rotatable bonds is 2. The zero-order valence-electron chi connectivity index (χ0n) is 9.43. The van der Waals surface area contributed by atoms with Crippen molar-refractivity contribution in [3.8, 4) is 5.75 Å². The topological polar surface area (TPSA) is 46.6 Å². The van der Waals surface area contributed by atoms with Gasteiger partial charge in [-0.2, -0.15) is 0 Å². The third-order valence-electron chi connectivity index (χ3n) is 2.66. The van der Waals surface area contributed by atoms with Crippen LogP contribution in [0.2, 0.25) is 0 Å². The quantitative estimate of drug-likeness (QED) is 0.783. The molecule has 16 heavy (non-hydrogen) atoms. The fourth-order valence-corrected chi connectivity index (χ4v) is 2.66. The van der Waals surface area contributed by atoms with Gasteiger partial charge < -0.3 is 4.74 Å². The summed E-state index contributed by atoms with van der Waals surface area (Å²) in [6.45, 7) is 0.715. The van der Waals surface area contributed by atoms with Crippen LogP contribution in [0.1, 0.15) is 12.0 Å². The van der Waals surface area contributed by atoms with Crippen molar-refractivity contribution in [2.45, 2.75) is 17.7 Å². The van der Waals surface area contributed by atoms with E-state index in [4.69, 9.17) is 4.74 Å². The van der Waals surface area contributed by atoms with Gasteiger partial charge in [0.1, 0.15) is 5.75 Å². The zero-order chi connectivity index (χ0) is 11.8. The van der Waals surface area contributed by atoms with E-state index in [1.165, 1.54) is 18.4 Å². The molecule has 0 amide bonds. The Morgan fingerprint density at radius 2 is 2.06 bits per heavy atom. The van der Waals surface area contributed by atoms with E-state index in [9.17, 15) is 8.42 Å². The summed E-state index contributed by atoms with van der Waals surface area (Å²) in [7, 11) is -0.267. The highest BCUT2D eigenvalue weighted by atomic mass is 32.2. The van der Waals surface area contributed by atoms with Crippen LogP contribution in [-0.4, -0.2) is 33.4 Å². The van der Waals surface area contributed by atoms with Crippen molar-refractivity contribution in [2.75, 3.05) is 20.7 Å². The van der Waals surface area contributed by atoms with E-state index in [0.29, 0.717) is 11.5 Å². The third-order valence-corrected chi connectivity index (χ3v) is 4.47. The van der Waals surface area contributed by atoms with Gasteiger partial charge in [-0.05, 0) is 36.6 Å². The summed E-state index contributed by atoms with van der Waals surface area (Å²) in [5.41, 5.74) is 0.981. The maximum atomic E-state index is 11.9. The molecular formula is C11H15NO3S. The monoisotopic (exact) mass is 241 g/mol. The number of benzene rings is 1. The van der Waals surface area contributed by atoms with Crippen molar-refractivity contribution in [1.29, 1.82) is 0 Å². The zero-order valence-corrected chi connectivity index (χ0v) is 10.3. The van der Waals surface area contributed by atoms with Crippen LogP contribution in [0.5, 0.6) is 5.75 Å². The first-order valence-corrected chi connectivity index (χ1v) is 6.64. The molecule has 0 aromatic heterocycles. The molecule has 88 valence electrons. The van der Waals surface area contributed by atoms with E-state index >= 15 is 0 Å². The van der Waals surface area contributed by atoms with E-state index in [0.717, 1.165) is 24.2 Å². The standard InChI is InChI=1S/C11H15NO3S/c1-12(2)16(13,14)10-5-6-11-9(8-10)4-3-7-15-11/h5-6,8H,3-4,7H2,1-2H3. The van der Waals surface area contributed by atoms with Crippen LogP contribution in [0.4, 0.5) is 0 Å². The van der Waals surface area contributed by atoms with Gasteiger partial charge in [0.15, 0.2) is 0 Å². The second kappa shape index (κ2) is 4.07. The minimum atomic E-state index is -3.33. The van der Waals surface area contributed by atoms with E-state index in [1.54, 1.807) is 18.2 Å². The van der Waals surface area contributed by atoms with Gasteiger partial charge in [-0.15, -0.1) is 0 Å². The number of ether oxygens (including phenoxy) is 1. The van der Waals surface area contributed by atoms with Crippen molar-refractivity contribution < 1.29 is 13.2 Å². The molecule has 0 atom stereocenters. The van der Waals surface area contributed by atoms with Gasteiger partial charge in [0.2, 0.25) is 10.0 Å². The van der Waals surface area contributed by atoms with Crippen LogP contribution in [0.25, 0.3) is 0 Å². The summed E-state index contributed by atoms with van der Waals surface area (Å²) >= 11 is 0. The van der Waals surface area contributed by atoms with Gasteiger partial charge in [-0.3, -0.25) is 0 Å². The highest BCUT2D eigenvalue weighted by Crippen LogP contribution is 2.27. The smallest absolute Gasteiger partial charge is 0.242 e. The third kappa shape index (κ3) is 1.92. The van der Waals surface area contributed by atoms with Crippen molar-refractivity contribution >= 4 is 10.0 Å². The number of nitrogens with zero attached hydrogens (tertiary/aromatic N) is 1. The first kappa shape index (κ1) is 11.4. The highest BCUT2D eigenvalue weighted by Gasteiger charge is 2.20. The van der Waals surface area contributed by atoms with Crippen LogP contribution in [0, 0.1) is 0 Å². The number of hydrogen-bond donors (Lipinski definition) is 0. The van der Waals surface area contributed by atoms with E-state index in [2.05, 4.69) is 0 Å². The molecule has 0 fully saturated rings. The first-order chi connectivity index (χ1) is 7.51. The molecule has 1 aromatic rings. The molecule has 1 aromatic carbocycles. The van der Waals surface area contributed by atoms with Gasteiger partial charge in [0, 0.05) is 14.1 Å². The van der Waals surface area contributed by atoms with Gasteiger partial charge in [0.05, 0.1) is 11.5 Å². The second-order valence-corrected chi connectivity index (χ2v) is 6.16. The van der Waals surface area contributed by atoms with Gasteiger partial charge in [0.25, 0.3) is 0 Å². The molecular weight excluding hydrogens is 226 g/mol. The van der Waals surface area contributed by atoms with Crippen LogP contribution < -0.4 is 4.74 Å². The molecule has 0 saturated carbocycles. The van der Waals surface area contributed by atoms with Crippen LogP contribution in [0.15, 0.2) is 23.1 Å². The molecule has 1 aliphatic rings. The van der Waals surface area contributed by atoms with E-state index < -0.39 is 10.0 Å². The lowest BCUT2D eigenvalue weighted by Gasteiger charge is -2.19. The molecule has 0 unspecified atom stereocenters. The van der Waals surface area contributed by atoms with Crippen molar-refractivity contribution in [1.82, 2.24) is 4.31 Å². The van der Waals surface area contributed by atoms with Gasteiger partial charge in [-0.25, -0.2) is 12.7 Å².